The van der Waals surface area contributed by atoms with Crippen molar-refractivity contribution in [1.82, 2.24) is 10.2 Å². The van der Waals surface area contributed by atoms with Gasteiger partial charge in [-0.3, -0.25) is 9.59 Å². The van der Waals surface area contributed by atoms with Crippen molar-refractivity contribution in [1.29, 1.82) is 0 Å². The predicted octanol–water partition coefficient (Wildman–Crippen LogP) is 2.80. The van der Waals surface area contributed by atoms with Gasteiger partial charge in [0.1, 0.15) is 0 Å². The lowest BCUT2D eigenvalue weighted by Crippen LogP contribution is -2.55. The number of carbonyl (C=O) groups excluding carboxylic acids is 2. The molecule has 1 atom stereocenters. The van der Waals surface area contributed by atoms with Gasteiger partial charge < -0.3 is 15.1 Å². The molecule has 1 aliphatic heterocycles. The minimum Gasteiger partial charge on any atom is -0.336 e. The molecule has 26 heavy (non-hydrogen) atoms. The average molecular weight is 416 g/mol. The lowest BCUT2D eigenvalue weighted by Gasteiger charge is -2.33. The highest BCUT2D eigenvalue weighted by molar-refractivity contribution is 9.10. The smallest absolute Gasteiger partial charge is 0.240 e. The van der Waals surface area contributed by atoms with Crippen molar-refractivity contribution in [3.8, 4) is 0 Å². The Bertz CT molecular complexity index is 782. The summed E-state index contributed by atoms with van der Waals surface area (Å²) in [6, 6.07) is 16.9. The number of hydrogen-bond acceptors (Lipinski definition) is 3. The number of hydrogen-bond donors (Lipinski definition) is 1. The van der Waals surface area contributed by atoms with E-state index in [2.05, 4.69) is 21.2 Å². The second-order valence-corrected chi connectivity index (χ2v) is 7.30. The quantitative estimate of drug-likeness (QED) is 0.816. The SMILES string of the molecule is CN(C(=O)CC1NCCN(Cc2cccc(Br)c2)C1=O)c1ccccc1. The van der Waals surface area contributed by atoms with Gasteiger partial charge in [-0.05, 0) is 29.8 Å². The van der Waals surface area contributed by atoms with E-state index < -0.39 is 6.04 Å². The van der Waals surface area contributed by atoms with E-state index in [1.165, 1.54) is 0 Å². The molecule has 1 unspecified atom stereocenters. The maximum absolute atomic E-state index is 12.8. The van der Waals surface area contributed by atoms with E-state index in [1.54, 1.807) is 11.9 Å². The molecular formula is C20H22BrN3O2. The number of nitrogens with one attached hydrogen (secondary N) is 1. The summed E-state index contributed by atoms with van der Waals surface area (Å²) in [5.41, 5.74) is 1.90. The van der Waals surface area contributed by atoms with E-state index in [-0.39, 0.29) is 18.2 Å². The second kappa shape index (κ2) is 8.47. The number of para-hydroxylation sites is 1. The van der Waals surface area contributed by atoms with Crippen LogP contribution in [-0.2, 0) is 16.1 Å². The molecule has 0 bridgehead atoms. The summed E-state index contributed by atoms with van der Waals surface area (Å²) in [6.07, 6.45) is 0.152. The van der Waals surface area contributed by atoms with Crippen LogP contribution in [0.3, 0.4) is 0 Å². The first-order valence-electron chi connectivity index (χ1n) is 8.63. The fraction of sp³-hybridized carbons (Fsp3) is 0.300. The molecule has 1 heterocycles. The fourth-order valence-corrected chi connectivity index (χ4v) is 3.52. The van der Waals surface area contributed by atoms with Crippen LogP contribution >= 0.6 is 15.9 Å². The van der Waals surface area contributed by atoms with Crippen molar-refractivity contribution in [3.63, 3.8) is 0 Å². The summed E-state index contributed by atoms with van der Waals surface area (Å²) in [5, 5.41) is 3.19. The molecule has 136 valence electrons. The van der Waals surface area contributed by atoms with Crippen LogP contribution in [0.2, 0.25) is 0 Å². The molecule has 2 aromatic carbocycles. The van der Waals surface area contributed by atoms with Crippen LogP contribution in [0.1, 0.15) is 12.0 Å². The molecule has 5 nitrogen and oxygen atoms in total. The largest absolute Gasteiger partial charge is 0.336 e. The van der Waals surface area contributed by atoms with Crippen molar-refractivity contribution in [2.75, 3.05) is 25.0 Å². The third-order valence-electron chi connectivity index (χ3n) is 4.54. The van der Waals surface area contributed by atoms with E-state index >= 15 is 0 Å². The Morgan fingerprint density at radius 2 is 2.00 bits per heavy atom. The van der Waals surface area contributed by atoms with Crippen molar-refractivity contribution < 1.29 is 9.59 Å². The molecule has 2 aromatic rings. The topological polar surface area (TPSA) is 52.7 Å². The summed E-state index contributed by atoms with van der Waals surface area (Å²) in [6.45, 7) is 1.89. The van der Waals surface area contributed by atoms with Gasteiger partial charge in [-0.15, -0.1) is 0 Å². The summed E-state index contributed by atoms with van der Waals surface area (Å²) in [7, 11) is 1.74. The normalized spacial score (nSPS) is 17.2. The third kappa shape index (κ3) is 4.51. The first-order chi connectivity index (χ1) is 12.5. The summed E-state index contributed by atoms with van der Waals surface area (Å²) in [4.78, 5) is 28.8. The maximum atomic E-state index is 12.8. The van der Waals surface area contributed by atoms with Gasteiger partial charge in [0.15, 0.2) is 0 Å². The molecule has 1 saturated heterocycles. The standard InChI is InChI=1S/C20H22BrN3O2/c1-23(17-8-3-2-4-9-17)19(25)13-18-20(26)24(11-10-22-18)14-15-6-5-7-16(21)12-15/h2-9,12,18,22H,10-11,13-14H2,1H3. The highest BCUT2D eigenvalue weighted by Crippen LogP contribution is 2.17. The summed E-state index contributed by atoms with van der Waals surface area (Å²) in [5.74, 6) is -0.0996. The van der Waals surface area contributed by atoms with Gasteiger partial charge in [-0.1, -0.05) is 46.3 Å². The zero-order valence-corrected chi connectivity index (χ0v) is 16.3. The Morgan fingerprint density at radius 1 is 1.23 bits per heavy atom. The van der Waals surface area contributed by atoms with Crippen LogP contribution in [0.25, 0.3) is 0 Å². The van der Waals surface area contributed by atoms with Crippen molar-refractivity contribution in [3.05, 3.63) is 64.6 Å². The highest BCUT2D eigenvalue weighted by Gasteiger charge is 2.31. The minimum absolute atomic E-state index is 0.0222. The molecule has 0 spiro atoms. The predicted molar refractivity (Wildman–Crippen MR) is 106 cm³/mol. The Morgan fingerprint density at radius 3 is 2.73 bits per heavy atom. The first kappa shape index (κ1) is 18.6. The average Bonchev–Trinajstić information content (AvgIpc) is 2.65. The van der Waals surface area contributed by atoms with Crippen LogP contribution in [0, 0.1) is 0 Å². The van der Waals surface area contributed by atoms with Crippen LogP contribution in [0.5, 0.6) is 0 Å². The molecular weight excluding hydrogens is 394 g/mol. The Labute approximate surface area is 162 Å². The minimum atomic E-state index is -0.477. The van der Waals surface area contributed by atoms with E-state index in [0.717, 1.165) is 15.7 Å². The Balaban J connectivity index is 1.63. The molecule has 3 rings (SSSR count). The molecule has 1 fully saturated rings. The van der Waals surface area contributed by atoms with Crippen molar-refractivity contribution >= 4 is 33.4 Å². The Kier molecular flexibility index (Phi) is 6.06. The van der Waals surface area contributed by atoms with Gasteiger partial charge in [-0.25, -0.2) is 0 Å². The number of piperazine rings is 1. The van der Waals surface area contributed by atoms with Gasteiger partial charge in [0, 0.05) is 36.8 Å². The maximum Gasteiger partial charge on any atom is 0.240 e. The number of nitrogens with zero attached hydrogens (tertiary/aromatic N) is 2. The summed E-state index contributed by atoms with van der Waals surface area (Å²) < 4.78 is 0.994. The van der Waals surface area contributed by atoms with E-state index in [0.29, 0.717) is 19.6 Å². The number of carbonyl (C=O) groups is 2. The van der Waals surface area contributed by atoms with Gasteiger partial charge >= 0.3 is 0 Å². The van der Waals surface area contributed by atoms with Crippen LogP contribution < -0.4 is 10.2 Å². The molecule has 0 aromatic heterocycles. The molecule has 1 aliphatic rings. The monoisotopic (exact) mass is 415 g/mol. The van der Waals surface area contributed by atoms with Gasteiger partial charge in [0.2, 0.25) is 11.8 Å². The second-order valence-electron chi connectivity index (χ2n) is 6.39. The molecule has 0 radical (unpaired) electrons. The molecule has 2 amide bonds. The van der Waals surface area contributed by atoms with E-state index in [1.807, 2.05) is 59.5 Å². The third-order valence-corrected chi connectivity index (χ3v) is 5.03. The fourth-order valence-electron chi connectivity index (χ4n) is 3.07. The lowest BCUT2D eigenvalue weighted by molar-refractivity contribution is -0.138. The lowest BCUT2D eigenvalue weighted by atomic mass is 10.1. The van der Waals surface area contributed by atoms with Crippen LogP contribution in [0.15, 0.2) is 59.1 Å². The highest BCUT2D eigenvalue weighted by atomic mass is 79.9. The molecule has 6 heteroatoms. The zero-order chi connectivity index (χ0) is 18.5. The number of amides is 2. The number of benzene rings is 2. The van der Waals surface area contributed by atoms with Gasteiger partial charge in [0.25, 0.3) is 0 Å². The molecule has 0 saturated carbocycles. The number of anilines is 1. The van der Waals surface area contributed by atoms with Gasteiger partial charge in [-0.2, -0.15) is 0 Å². The zero-order valence-electron chi connectivity index (χ0n) is 14.7. The van der Waals surface area contributed by atoms with Crippen LogP contribution in [0.4, 0.5) is 5.69 Å². The number of halogens is 1. The van der Waals surface area contributed by atoms with E-state index in [4.69, 9.17) is 0 Å². The first-order valence-corrected chi connectivity index (χ1v) is 9.42. The number of rotatable bonds is 5. The van der Waals surface area contributed by atoms with Gasteiger partial charge in [0.05, 0.1) is 12.5 Å². The van der Waals surface area contributed by atoms with Crippen molar-refractivity contribution in [2.45, 2.75) is 19.0 Å². The molecule has 1 N–H and O–H groups in total. The van der Waals surface area contributed by atoms with Crippen molar-refractivity contribution in [2.24, 2.45) is 0 Å². The van der Waals surface area contributed by atoms with E-state index in [9.17, 15) is 9.59 Å². The molecule has 0 aliphatic carbocycles. The Hall–Kier alpha value is -2.18. The van der Waals surface area contributed by atoms with Crippen LogP contribution in [-0.4, -0.2) is 42.9 Å². The summed E-state index contributed by atoms with van der Waals surface area (Å²) >= 11 is 3.46.